The van der Waals surface area contributed by atoms with Crippen LogP contribution in [-0.2, 0) is 10.0 Å². The standard InChI is InChI=1S/C17H18FNO3S/c1-13-2-4-14(5-3-13)10-11-23(21,22)19-12-17(20)15-6-8-16(18)9-7-15/h2-11,17,19-20H,12H2,1H3/b11-10+. The lowest BCUT2D eigenvalue weighted by Crippen LogP contribution is -2.26. The molecule has 0 amide bonds. The van der Waals surface area contributed by atoms with E-state index in [9.17, 15) is 17.9 Å². The van der Waals surface area contributed by atoms with Gasteiger partial charge in [0.15, 0.2) is 0 Å². The van der Waals surface area contributed by atoms with Crippen molar-refractivity contribution in [3.63, 3.8) is 0 Å². The molecule has 0 fully saturated rings. The lowest BCUT2D eigenvalue weighted by Gasteiger charge is -2.11. The third-order valence-electron chi connectivity index (χ3n) is 3.25. The number of benzene rings is 2. The molecule has 2 aromatic rings. The number of aliphatic hydroxyl groups is 1. The number of hydrogen-bond acceptors (Lipinski definition) is 3. The number of nitrogens with one attached hydrogen (secondary N) is 1. The van der Waals surface area contributed by atoms with Crippen LogP contribution in [0.4, 0.5) is 4.39 Å². The van der Waals surface area contributed by atoms with E-state index in [-0.39, 0.29) is 6.54 Å². The van der Waals surface area contributed by atoms with Crippen LogP contribution in [0, 0.1) is 12.7 Å². The van der Waals surface area contributed by atoms with Crippen LogP contribution in [0.1, 0.15) is 22.8 Å². The zero-order valence-corrected chi connectivity index (χ0v) is 13.4. The predicted molar refractivity (Wildman–Crippen MR) is 88.5 cm³/mol. The fourth-order valence-corrected chi connectivity index (χ4v) is 2.71. The van der Waals surface area contributed by atoms with E-state index in [4.69, 9.17) is 0 Å². The summed E-state index contributed by atoms with van der Waals surface area (Å²) in [6.45, 7) is 1.76. The molecule has 0 bridgehead atoms. The highest BCUT2D eigenvalue weighted by Crippen LogP contribution is 2.13. The maximum Gasteiger partial charge on any atom is 0.233 e. The van der Waals surface area contributed by atoms with Gasteiger partial charge in [-0.05, 0) is 36.3 Å². The summed E-state index contributed by atoms with van der Waals surface area (Å²) >= 11 is 0. The molecule has 4 nitrogen and oxygen atoms in total. The largest absolute Gasteiger partial charge is 0.387 e. The lowest BCUT2D eigenvalue weighted by molar-refractivity contribution is 0.182. The Hall–Kier alpha value is -2.02. The Bertz CT molecular complexity index is 768. The van der Waals surface area contributed by atoms with Crippen LogP contribution >= 0.6 is 0 Å². The predicted octanol–water partition coefficient (Wildman–Crippen LogP) is 2.76. The lowest BCUT2D eigenvalue weighted by atomic mass is 10.1. The number of halogens is 1. The van der Waals surface area contributed by atoms with Gasteiger partial charge in [0.1, 0.15) is 5.82 Å². The topological polar surface area (TPSA) is 66.4 Å². The van der Waals surface area contributed by atoms with Gasteiger partial charge in [-0.25, -0.2) is 17.5 Å². The Morgan fingerprint density at radius 3 is 2.35 bits per heavy atom. The zero-order chi connectivity index (χ0) is 16.9. The molecule has 0 saturated carbocycles. The van der Waals surface area contributed by atoms with Crippen LogP contribution in [0.15, 0.2) is 53.9 Å². The summed E-state index contributed by atoms with van der Waals surface area (Å²) in [5.74, 6) is -0.414. The quantitative estimate of drug-likeness (QED) is 0.853. The molecule has 23 heavy (non-hydrogen) atoms. The van der Waals surface area contributed by atoms with E-state index in [0.29, 0.717) is 5.56 Å². The maximum absolute atomic E-state index is 12.8. The van der Waals surface area contributed by atoms with Gasteiger partial charge >= 0.3 is 0 Å². The van der Waals surface area contributed by atoms with Crippen LogP contribution in [0.5, 0.6) is 0 Å². The summed E-state index contributed by atoms with van der Waals surface area (Å²) in [4.78, 5) is 0. The van der Waals surface area contributed by atoms with Gasteiger partial charge in [0.2, 0.25) is 10.0 Å². The Kier molecular flexibility index (Phi) is 5.65. The summed E-state index contributed by atoms with van der Waals surface area (Å²) in [6, 6.07) is 12.7. The minimum atomic E-state index is -3.67. The Balaban J connectivity index is 1.95. The molecule has 1 atom stereocenters. The normalized spacial score (nSPS) is 13.3. The van der Waals surface area contributed by atoms with E-state index < -0.39 is 21.9 Å². The molecule has 2 aromatic carbocycles. The molecule has 0 spiro atoms. The second-order valence-corrected chi connectivity index (χ2v) is 6.83. The number of hydrogen-bond donors (Lipinski definition) is 2. The molecule has 0 aliphatic rings. The van der Waals surface area contributed by atoms with E-state index >= 15 is 0 Å². The SMILES string of the molecule is Cc1ccc(/C=C/S(=O)(=O)NCC(O)c2ccc(F)cc2)cc1. The molecule has 122 valence electrons. The highest BCUT2D eigenvalue weighted by Gasteiger charge is 2.12. The van der Waals surface area contributed by atoms with Gasteiger partial charge in [0.05, 0.1) is 6.10 Å². The van der Waals surface area contributed by atoms with Crippen molar-refractivity contribution in [2.75, 3.05) is 6.54 Å². The first-order valence-electron chi connectivity index (χ1n) is 7.04. The van der Waals surface area contributed by atoms with Crippen LogP contribution in [0.3, 0.4) is 0 Å². The summed E-state index contributed by atoms with van der Waals surface area (Å²) < 4.78 is 38.9. The van der Waals surface area contributed by atoms with Crippen molar-refractivity contribution in [1.82, 2.24) is 4.72 Å². The van der Waals surface area contributed by atoms with Crippen molar-refractivity contribution in [3.8, 4) is 0 Å². The molecular weight excluding hydrogens is 317 g/mol. The number of sulfonamides is 1. The molecule has 0 heterocycles. The van der Waals surface area contributed by atoms with Crippen LogP contribution < -0.4 is 4.72 Å². The molecule has 0 saturated heterocycles. The zero-order valence-electron chi connectivity index (χ0n) is 12.6. The first-order valence-corrected chi connectivity index (χ1v) is 8.58. The van der Waals surface area contributed by atoms with Gasteiger partial charge in [-0.15, -0.1) is 0 Å². The minimum absolute atomic E-state index is 0.188. The third kappa shape index (κ3) is 5.59. The van der Waals surface area contributed by atoms with Gasteiger partial charge < -0.3 is 5.11 Å². The third-order valence-corrected chi connectivity index (χ3v) is 4.31. The van der Waals surface area contributed by atoms with Crippen molar-refractivity contribution >= 4 is 16.1 Å². The Morgan fingerprint density at radius 2 is 1.74 bits per heavy atom. The summed E-state index contributed by atoms with van der Waals surface area (Å²) in [5.41, 5.74) is 2.29. The van der Waals surface area contributed by atoms with Crippen LogP contribution in [0.25, 0.3) is 6.08 Å². The molecule has 6 heteroatoms. The van der Waals surface area contributed by atoms with Crippen molar-refractivity contribution in [2.24, 2.45) is 0 Å². The molecule has 0 aliphatic carbocycles. The number of aryl methyl sites for hydroxylation is 1. The minimum Gasteiger partial charge on any atom is -0.387 e. The van der Waals surface area contributed by atoms with Gasteiger partial charge in [-0.1, -0.05) is 42.0 Å². The van der Waals surface area contributed by atoms with E-state index in [1.54, 1.807) is 0 Å². The summed E-state index contributed by atoms with van der Waals surface area (Å²) in [7, 11) is -3.67. The first kappa shape index (κ1) is 17.3. The molecule has 1 unspecified atom stereocenters. The molecule has 0 radical (unpaired) electrons. The second-order valence-electron chi connectivity index (χ2n) is 5.17. The summed E-state index contributed by atoms with van der Waals surface area (Å²) in [6.07, 6.45) is 0.435. The summed E-state index contributed by atoms with van der Waals surface area (Å²) in [5, 5.41) is 11.0. The average molecular weight is 335 g/mol. The molecular formula is C17H18FNO3S. The molecule has 0 aliphatic heterocycles. The van der Waals surface area contributed by atoms with E-state index in [1.165, 1.54) is 30.3 Å². The highest BCUT2D eigenvalue weighted by molar-refractivity contribution is 7.92. The fourth-order valence-electron chi connectivity index (χ4n) is 1.89. The van der Waals surface area contributed by atoms with Gasteiger partial charge in [0, 0.05) is 12.0 Å². The van der Waals surface area contributed by atoms with Gasteiger partial charge in [-0.2, -0.15) is 0 Å². The van der Waals surface area contributed by atoms with E-state index in [1.807, 2.05) is 31.2 Å². The Morgan fingerprint density at radius 1 is 1.13 bits per heavy atom. The van der Waals surface area contributed by atoms with Gasteiger partial charge in [0.25, 0.3) is 0 Å². The van der Waals surface area contributed by atoms with Crippen molar-refractivity contribution < 1.29 is 17.9 Å². The second kappa shape index (κ2) is 7.50. The van der Waals surface area contributed by atoms with Crippen LogP contribution in [0.2, 0.25) is 0 Å². The van der Waals surface area contributed by atoms with E-state index in [0.717, 1.165) is 16.5 Å². The number of rotatable bonds is 6. The first-order chi connectivity index (χ1) is 10.9. The highest BCUT2D eigenvalue weighted by atomic mass is 32.2. The van der Waals surface area contributed by atoms with Crippen molar-refractivity contribution in [3.05, 3.63) is 76.4 Å². The average Bonchev–Trinajstić information content (AvgIpc) is 2.53. The van der Waals surface area contributed by atoms with Crippen molar-refractivity contribution in [1.29, 1.82) is 0 Å². The van der Waals surface area contributed by atoms with Gasteiger partial charge in [-0.3, -0.25) is 0 Å². The molecule has 2 rings (SSSR count). The Labute approximate surface area is 135 Å². The monoisotopic (exact) mass is 335 g/mol. The van der Waals surface area contributed by atoms with Crippen LogP contribution in [-0.4, -0.2) is 20.1 Å². The maximum atomic E-state index is 12.8. The molecule has 2 N–H and O–H groups in total. The molecule has 0 aromatic heterocycles. The number of aliphatic hydroxyl groups excluding tert-OH is 1. The smallest absolute Gasteiger partial charge is 0.233 e. The van der Waals surface area contributed by atoms with Crippen molar-refractivity contribution in [2.45, 2.75) is 13.0 Å². The fraction of sp³-hybridized carbons (Fsp3) is 0.176. The van der Waals surface area contributed by atoms with E-state index in [2.05, 4.69) is 4.72 Å².